The van der Waals surface area contributed by atoms with Gasteiger partial charge in [-0.1, -0.05) is 0 Å². The Morgan fingerprint density at radius 1 is 1.17 bits per heavy atom. The number of hydrogen-bond donors (Lipinski definition) is 1. The average molecular weight is 169 g/mol. The molecule has 0 bridgehead atoms. The Morgan fingerprint density at radius 3 is 2.92 bits per heavy atom. The third-order valence-corrected chi connectivity index (χ3v) is 3.51. The minimum Gasteiger partial charge on any atom is -0.381 e. The van der Waals surface area contributed by atoms with Crippen molar-refractivity contribution in [2.24, 2.45) is 11.8 Å². The lowest BCUT2D eigenvalue weighted by Gasteiger charge is -2.38. The van der Waals surface area contributed by atoms with E-state index < -0.39 is 0 Å². The van der Waals surface area contributed by atoms with Gasteiger partial charge in [0, 0.05) is 19.3 Å². The summed E-state index contributed by atoms with van der Waals surface area (Å²) in [6, 6.07) is 0.782. The number of fused-ring (bicyclic) bond motifs is 1. The molecule has 2 nitrogen and oxygen atoms in total. The molecule has 0 amide bonds. The van der Waals surface area contributed by atoms with E-state index in [0.717, 1.165) is 31.1 Å². The molecule has 1 aliphatic carbocycles. The van der Waals surface area contributed by atoms with Crippen LogP contribution in [-0.2, 0) is 4.74 Å². The lowest BCUT2D eigenvalue weighted by Crippen LogP contribution is -2.39. The molecule has 0 aromatic carbocycles. The van der Waals surface area contributed by atoms with Crippen LogP contribution in [0.4, 0.5) is 0 Å². The van der Waals surface area contributed by atoms with Crippen molar-refractivity contribution in [3.8, 4) is 0 Å². The molecule has 1 saturated heterocycles. The van der Waals surface area contributed by atoms with E-state index in [1.54, 1.807) is 0 Å². The third-order valence-electron chi connectivity index (χ3n) is 3.51. The van der Waals surface area contributed by atoms with Crippen LogP contribution in [0.1, 0.15) is 25.7 Å². The van der Waals surface area contributed by atoms with E-state index in [1.165, 1.54) is 25.7 Å². The predicted octanol–water partition coefficient (Wildman–Crippen LogP) is 1.41. The topological polar surface area (TPSA) is 21.3 Å². The molecule has 2 aliphatic rings. The first-order chi connectivity index (χ1) is 5.90. The zero-order valence-corrected chi connectivity index (χ0v) is 7.88. The van der Waals surface area contributed by atoms with Crippen molar-refractivity contribution >= 4 is 0 Å². The molecule has 2 rings (SSSR count). The molecular formula is C10H19NO. The van der Waals surface area contributed by atoms with Gasteiger partial charge in [-0.05, 0) is 44.6 Å². The SMILES string of the molecule is CNC1CCC2COCCC2C1. The smallest absolute Gasteiger partial charge is 0.0496 e. The first-order valence-corrected chi connectivity index (χ1v) is 5.15. The van der Waals surface area contributed by atoms with Gasteiger partial charge in [0.25, 0.3) is 0 Å². The van der Waals surface area contributed by atoms with Crippen LogP contribution in [0.25, 0.3) is 0 Å². The molecule has 12 heavy (non-hydrogen) atoms. The summed E-state index contributed by atoms with van der Waals surface area (Å²) in [5.74, 6) is 1.83. The highest BCUT2D eigenvalue weighted by Crippen LogP contribution is 2.35. The van der Waals surface area contributed by atoms with E-state index in [4.69, 9.17) is 4.74 Å². The highest BCUT2D eigenvalue weighted by molar-refractivity contribution is 4.84. The average Bonchev–Trinajstić information content (AvgIpc) is 2.17. The lowest BCUT2D eigenvalue weighted by atomic mass is 9.75. The largest absolute Gasteiger partial charge is 0.381 e. The highest BCUT2D eigenvalue weighted by Gasteiger charge is 2.31. The van der Waals surface area contributed by atoms with E-state index >= 15 is 0 Å². The lowest BCUT2D eigenvalue weighted by molar-refractivity contribution is -0.00727. The van der Waals surface area contributed by atoms with Crippen molar-refractivity contribution in [3.05, 3.63) is 0 Å². The van der Waals surface area contributed by atoms with Crippen LogP contribution in [0.2, 0.25) is 0 Å². The maximum absolute atomic E-state index is 5.49. The summed E-state index contributed by atoms with van der Waals surface area (Å²) in [5, 5.41) is 3.40. The fraction of sp³-hybridized carbons (Fsp3) is 1.00. The number of rotatable bonds is 1. The molecule has 1 heterocycles. The van der Waals surface area contributed by atoms with Crippen molar-refractivity contribution in [1.82, 2.24) is 5.32 Å². The van der Waals surface area contributed by atoms with E-state index in [1.807, 2.05) is 0 Å². The van der Waals surface area contributed by atoms with Gasteiger partial charge < -0.3 is 10.1 Å². The van der Waals surface area contributed by atoms with Crippen LogP contribution in [-0.4, -0.2) is 26.3 Å². The summed E-state index contributed by atoms with van der Waals surface area (Å²) in [6.45, 7) is 2.03. The van der Waals surface area contributed by atoms with Crippen LogP contribution >= 0.6 is 0 Å². The first kappa shape index (κ1) is 8.52. The van der Waals surface area contributed by atoms with E-state index in [0.29, 0.717) is 0 Å². The van der Waals surface area contributed by atoms with Crippen LogP contribution in [0.15, 0.2) is 0 Å². The molecule has 0 aromatic heterocycles. The molecule has 0 spiro atoms. The number of hydrogen-bond acceptors (Lipinski definition) is 2. The summed E-state index contributed by atoms with van der Waals surface area (Å²) < 4.78 is 5.49. The summed E-state index contributed by atoms with van der Waals surface area (Å²) in [6.07, 6.45) is 5.39. The van der Waals surface area contributed by atoms with Crippen molar-refractivity contribution in [1.29, 1.82) is 0 Å². The van der Waals surface area contributed by atoms with Crippen molar-refractivity contribution < 1.29 is 4.74 Å². The highest BCUT2D eigenvalue weighted by atomic mass is 16.5. The van der Waals surface area contributed by atoms with Crippen molar-refractivity contribution in [2.75, 3.05) is 20.3 Å². The zero-order chi connectivity index (χ0) is 8.39. The Kier molecular flexibility index (Phi) is 2.66. The van der Waals surface area contributed by atoms with Gasteiger partial charge in [-0.25, -0.2) is 0 Å². The van der Waals surface area contributed by atoms with Gasteiger partial charge in [-0.2, -0.15) is 0 Å². The molecule has 1 N–H and O–H groups in total. The standard InChI is InChI=1S/C10H19NO/c1-11-10-3-2-9-7-12-5-4-8(9)6-10/h8-11H,2-7H2,1H3. The normalized spacial score (nSPS) is 42.2. The molecule has 70 valence electrons. The maximum Gasteiger partial charge on any atom is 0.0496 e. The second-order valence-electron chi connectivity index (χ2n) is 4.18. The monoisotopic (exact) mass is 169 g/mol. The Morgan fingerprint density at radius 2 is 2.08 bits per heavy atom. The third kappa shape index (κ3) is 1.64. The van der Waals surface area contributed by atoms with Gasteiger partial charge in [-0.15, -0.1) is 0 Å². The second kappa shape index (κ2) is 3.75. The molecule has 1 saturated carbocycles. The summed E-state index contributed by atoms with van der Waals surface area (Å²) in [7, 11) is 2.09. The van der Waals surface area contributed by atoms with Gasteiger partial charge in [0.1, 0.15) is 0 Å². The molecule has 3 atom stereocenters. The Hall–Kier alpha value is -0.0800. The molecule has 1 aliphatic heterocycles. The minimum absolute atomic E-state index is 0.782. The van der Waals surface area contributed by atoms with Gasteiger partial charge in [0.05, 0.1) is 0 Å². The van der Waals surface area contributed by atoms with Gasteiger partial charge >= 0.3 is 0 Å². The van der Waals surface area contributed by atoms with E-state index in [9.17, 15) is 0 Å². The Labute approximate surface area is 74.7 Å². The quantitative estimate of drug-likeness (QED) is 0.641. The van der Waals surface area contributed by atoms with Gasteiger partial charge in [-0.3, -0.25) is 0 Å². The van der Waals surface area contributed by atoms with Crippen LogP contribution in [0, 0.1) is 11.8 Å². The van der Waals surface area contributed by atoms with Crippen LogP contribution in [0.5, 0.6) is 0 Å². The molecule has 2 heteroatoms. The summed E-state index contributed by atoms with van der Waals surface area (Å²) in [5.41, 5.74) is 0. The molecule has 2 fully saturated rings. The van der Waals surface area contributed by atoms with Crippen LogP contribution < -0.4 is 5.32 Å². The summed E-state index contributed by atoms with van der Waals surface area (Å²) in [4.78, 5) is 0. The molecule has 3 unspecified atom stereocenters. The fourth-order valence-electron chi connectivity index (χ4n) is 2.63. The van der Waals surface area contributed by atoms with Crippen molar-refractivity contribution in [2.45, 2.75) is 31.7 Å². The second-order valence-corrected chi connectivity index (χ2v) is 4.18. The predicted molar refractivity (Wildman–Crippen MR) is 49.1 cm³/mol. The molecule has 0 aromatic rings. The minimum atomic E-state index is 0.782. The first-order valence-electron chi connectivity index (χ1n) is 5.15. The van der Waals surface area contributed by atoms with Crippen molar-refractivity contribution in [3.63, 3.8) is 0 Å². The van der Waals surface area contributed by atoms with E-state index in [-0.39, 0.29) is 0 Å². The Balaban J connectivity index is 1.90. The fourth-order valence-corrected chi connectivity index (χ4v) is 2.63. The van der Waals surface area contributed by atoms with Gasteiger partial charge in [0.15, 0.2) is 0 Å². The zero-order valence-electron chi connectivity index (χ0n) is 7.88. The maximum atomic E-state index is 5.49. The summed E-state index contributed by atoms with van der Waals surface area (Å²) >= 11 is 0. The molecule has 0 radical (unpaired) electrons. The number of ether oxygens (including phenoxy) is 1. The van der Waals surface area contributed by atoms with Gasteiger partial charge in [0.2, 0.25) is 0 Å². The van der Waals surface area contributed by atoms with E-state index in [2.05, 4.69) is 12.4 Å². The van der Waals surface area contributed by atoms with Crippen LogP contribution in [0.3, 0.4) is 0 Å². The Bertz CT molecular complexity index is 149. The number of nitrogens with one attached hydrogen (secondary N) is 1. The molecular weight excluding hydrogens is 150 g/mol.